The van der Waals surface area contributed by atoms with Gasteiger partial charge in [-0.05, 0) is 26.2 Å². The largest absolute Gasteiger partial charge is 0.462 e. The number of hydrogen-bond acceptors (Lipinski definition) is 6. The molecule has 4 heterocycles. The van der Waals surface area contributed by atoms with Crippen molar-refractivity contribution < 1.29 is 29.0 Å². The van der Waals surface area contributed by atoms with Gasteiger partial charge < -0.3 is 24.4 Å². The Morgan fingerprint density at radius 1 is 1.16 bits per heavy atom. The number of carbonyl (C=O) groups is 3. The molecule has 0 saturated carbocycles. The van der Waals surface area contributed by atoms with Crippen molar-refractivity contribution in [2.45, 2.75) is 69.8 Å². The summed E-state index contributed by atoms with van der Waals surface area (Å²) in [5.41, 5.74) is -1.25. The molecule has 6 atom stereocenters. The Hall–Kier alpha value is -2.19. The van der Waals surface area contributed by atoms with Crippen LogP contribution in [0.2, 0.25) is 0 Å². The summed E-state index contributed by atoms with van der Waals surface area (Å²) < 4.78 is 12.1. The van der Waals surface area contributed by atoms with Crippen LogP contribution in [0.3, 0.4) is 0 Å². The number of hydrogen-bond donors (Lipinski definition) is 1. The molecule has 0 aromatic heterocycles. The minimum atomic E-state index is -1.25. The molecule has 1 N–H and O–H groups in total. The topological polar surface area (TPSA) is 96.4 Å². The van der Waals surface area contributed by atoms with Crippen LogP contribution in [0, 0.1) is 11.8 Å². The maximum Gasteiger partial charge on any atom is 0.313 e. The summed E-state index contributed by atoms with van der Waals surface area (Å²) >= 11 is 0. The number of carbonyl (C=O) groups excluding carboxylic acids is 3. The highest BCUT2D eigenvalue weighted by atomic mass is 16.6. The Morgan fingerprint density at radius 2 is 1.97 bits per heavy atom. The molecule has 4 aliphatic heterocycles. The van der Waals surface area contributed by atoms with E-state index in [1.54, 1.807) is 4.90 Å². The molecular weight excluding hydrogens is 412 g/mol. The first-order chi connectivity index (χ1) is 15.4. The smallest absolute Gasteiger partial charge is 0.313 e. The number of nitrogens with zero attached hydrogens (tertiary/aromatic N) is 2. The molecule has 4 rings (SSSR count). The molecule has 176 valence electrons. The van der Waals surface area contributed by atoms with E-state index in [9.17, 15) is 19.5 Å². The number of amides is 2. The fourth-order valence-corrected chi connectivity index (χ4v) is 5.60. The average molecular weight is 447 g/mol. The first-order valence-electron chi connectivity index (χ1n) is 11.9. The second kappa shape index (κ2) is 9.35. The van der Waals surface area contributed by atoms with Crippen LogP contribution in [0.15, 0.2) is 24.3 Å². The lowest BCUT2D eigenvalue weighted by Crippen LogP contribution is -2.55. The van der Waals surface area contributed by atoms with E-state index in [0.717, 1.165) is 25.7 Å². The lowest BCUT2D eigenvalue weighted by atomic mass is 9.78. The summed E-state index contributed by atoms with van der Waals surface area (Å²) in [5, 5.41) is 9.65. The predicted octanol–water partition coefficient (Wildman–Crippen LogP) is 1.43. The van der Waals surface area contributed by atoms with E-state index < -0.39 is 35.6 Å². The molecule has 1 spiro atoms. The van der Waals surface area contributed by atoms with Crippen LogP contribution in [0.4, 0.5) is 0 Å². The molecule has 2 fully saturated rings. The van der Waals surface area contributed by atoms with E-state index in [2.05, 4.69) is 6.92 Å². The van der Waals surface area contributed by atoms with E-state index in [-0.39, 0.29) is 31.1 Å². The highest BCUT2D eigenvalue weighted by Crippen LogP contribution is 2.53. The number of β-amino-alcohol motifs (C(OH)–C–C–N with tert-alkyl or cyclic N) is 1. The van der Waals surface area contributed by atoms with Gasteiger partial charge in [0, 0.05) is 19.6 Å². The number of cyclic esters (lactones) is 1. The molecule has 32 heavy (non-hydrogen) atoms. The second-order valence-corrected chi connectivity index (χ2v) is 9.24. The number of fused-ring (bicyclic) bond motifs is 2. The highest BCUT2D eigenvalue weighted by Gasteiger charge is 2.71. The molecule has 4 aliphatic rings. The van der Waals surface area contributed by atoms with Crippen LogP contribution in [0.5, 0.6) is 0 Å². The van der Waals surface area contributed by atoms with Crippen molar-refractivity contribution in [3.8, 4) is 0 Å². The standard InChI is InChI=1S/C24H34N2O6/c1-3-4-7-12-25-13-8-11-24-19(21(28)26(14-15-27)20(24)22(25)29)18-17(32-24)10-6-5-9-16(2)31-23(18)30/h6,8,10-11,16-20,27H,3-5,7,9,12-15H2,1-2H3/b10-6-/t16?,17-,18?,19+,20-,24?/m1/s1. The maximum absolute atomic E-state index is 13.7. The third kappa shape index (κ3) is 3.77. The second-order valence-electron chi connectivity index (χ2n) is 9.24. The summed E-state index contributed by atoms with van der Waals surface area (Å²) in [6, 6.07) is -0.901. The average Bonchev–Trinajstić information content (AvgIpc) is 3.15. The number of aliphatic hydroxyl groups is 1. The van der Waals surface area contributed by atoms with Crippen molar-refractivity contribution >= 4 is 17.8 Å². The molecule has 2 amide bonds. The van der Waals surface area contributed by atoms with E-state index in [0.29, 0.717) is 19.5 Å². The van der Waals surface area contributed by atoms with Gasteiger partial charge in [-0.3, -0.25) is 14.4 Å². The van der Waals surface area contributed by atoms with E-state index in [1.807, 2.05) is 31.2 Å². The van der Waals surface area contributed by atoms with Gasteiger partial charge in [0.05, 0.1) is 24.7 Å². The molecule has 8 nitrogen and oxygen atoms in total. The van der Waals surface area contributed by atoms with E-state index in [4.69, 9.17) is 9.47 Å². The minimum absolute atomic E-state index is 0.0200. The molecule has 3 unspecified atom stereocenters. The van der Waals surface area contributed by atoms with Crippen molar-refractivity contribution in [3.63, 3.8) is 0 Å². The zero-order valence-corrected chi connectivity index (χ0v) is 18.9. The van der Waals surface area contributed by atoms with Crippen molar-refractivity contribution in [3.05, 3.63) is 24.3 Å². The van der Waals surface area contributed by atoms with Gasteiger partial charge in [-0.2, -0.15) is 0 Å². The minimum Gasteiger partial charge on any atom is -0.462 e. The molecule has 0 aliphatic carbocycles. The van der Waals surface area contributed by atoms with Crippen molar-refractivity contribution in [2.75, 3.05) is 26.2 Å². The monoisotopic (exact) mass is 446 g/mol. The normalized spacial score (nSPS) is 37.7. The third-order valence-electron chi connectivity index (χ3n) is 7.10. The van der Waals surface area contributed by atoms with Crippen LogP contribution in [-0.2, 0) is 23.9 Å². The van der Waals surface area contributed by atoms with Gasteiger partial charge in [0.2, 0.25) is 11.8 Å². The summed E-state index contributed by atoms with van der Waals surface area (Å²) in [7, 11) is 0. The molecule has 0 aromatic rings. The Morgan fingerprint density at radius 3 is 2.72 bits per heavy atom. The van der Waals surface area contributed by atoms with Gasteiger partial charge in [-0.25, -0.2) is 0 Å². The quantitative estimate of drug-likeness (QED) is 0.377. The molecule has 0 aromatic carbocycles. The Balaban J connectivity index is 1.74. The van der Waals surface area contributed by atoms with Crippen LogP contribution < -0.4 is 0 Å². The summed E-state index contributed by atoms with van der Waals surface area (Å²) in [5.74, 6) is -2.66. The van der Waals surface area contributed by atoms with Crippen LogP contribution in [0.1, 0.15) is 46.0 Å². The predicted molar refractivity (Wildman–Crippen MR) is 116 cm³/mol. The molecular formula is C24H34N2O6. The van der Waals surface area contributed by atoms with E-state index in [1.165, 1.54) is 4.90 Å². The van der Waals surface area contributed by atoms with Crippen molar-refractivity contribution in [1.82, 2.24) is 9.80 Å². The number of likely N-dealkylation sites (tertiary alicyclic amines) is 1. The summed E-state index contributed by atoms with van der Waals surface area (Å²) in [4.78, 5) is 43.7. The van der Waals surface area contributed by atoms with Gasteiger partial charge in [0.1, 0.15) is 17.6 Å². The third-order valence-corrected chi connectivity index (χ3v) is 7.10. The van der Waals surface area contributed by atoms with E-state index >= 15 is 0 Å². The van der Waals surface area contributed by atoms with Crippen LogP contribution >= 0.6 is 0 Å². The lowest BCUT2D eigenvalue weighted by Gasteiger charge is -2.35. The first-order valence-corrected chi connectivity index (χ1v) is 11.9. The van der Waals surface area contributed by atoms with Crippen LogP contribution in [-0.4, -0.2) is 82.8 Å². The number of ether oxygens (including phenoxy) is 2. The molecule has 0 radical (unpaired) electrons. The van der Waals surface area contributed by atoms with Crippen molar-refractivity contribution in [2.24, 2.45) is 11.8 Å². The summed E-state index contributed by atoms with van der Waals surface area (Å²) in [6.07, 6.45) is 11.0. The first kappa shape index (κ1) is 23.0. The van der Waals surface area contributed by atoms with Gasteiger partial charge in [-0.15, -0.1) is 0 Å². The van der Waals surface area contributed by atoms with Gasteiger partial charge >= 0.3 is 5.97 Å². The van der Waals surface area contributed by atoms with Gasteiger partial charge in [0.15, 0.2) is 0 Å². The number of unbranched alkanes of at least 4 members (excludes halogenated alkanes) is 2. The SMILES string of the molecule is CCCCCN1CC=CC23O[C@@H]4/C=C\CCC(C)OC(=O)C4[C@H]2C(=O)N(CCO)[C@@H]3C1=O. The summed E-state index contributed by atoms with van der Waals surface area (Å²) in [6.45, 7) is 4.74. The fourth-order valence-electron chi connectivity index (χ4n) is 5.60. The fraction of sp³-hybridized carbons (Fsp3) is 0.708. The molecule has 2 saturated heterocycles. The Kier molecular flexibility index (Phi) is 6.72. The zero-order valence-electron chi connectivity index (χ0n) is 18.9. The Bertz CT molecular complexity index is 810. The van der Waals surface area contributed by atoms with Gasteiger partial charge in [-0.1, -0.05) is 44.1 Å². The van der Waals surface area contributed by atoms with Crippen LogP contribution in [0.25, 0.3) is 0 Å². The lowest BCUT2D eigenvalue weighted by molar-refractivity contribution is -0.158. The molecule has 8 heteroatoms. The zero-order chi connectivity index (χ0) is 22.9. The number of aliphatic hydroxyl groups excluding tert-OH is 1. The van der Waals surface area contributed by atoms with Gasteiger partial charge in [0.25, 0.3) is 0 Å². The maximum atomic E-state index is 13.7. The molecule has 0 bridgehead atoms. The highest BCUT2D eigenvalue weighted by molar-refractivity contribution is 5.99. The number of rotatable bonds is 6. The van der Waals surface area contributed by atoms with Crippen molar-refractivity contribution in [1.29, 1.82) is 0 Å². The Labute approximate surface area is 189 Å². The number of esters is 1. The number of allylic oxidation sites excluding steroid dienone is 1.